The van der Waals surface area contributed by atoms with Crippen LogP contribution in [-0.2, 0) is 13.0 Å². The molecule has 1 N–H and O–H groups in total. The zero-order valence-corrected chi connectivity index (χ0v) is 19.6. The summed E-state index contributed by atoms with van der Waals surface area (Å²) in [5, 5.41) is 7.73. The van der Waals surface area contributed by atoms with Gasteiger partial charge < -0.3 is 14.8 Å². The van der Waals surface area contributed by atoms with E-state index in [2.05, 4.69) is 36.4 Å². The summed E-state index contributed by atoms with van der Waals surface area (Å²) in [6.45, 7) is 6.94. The van der Waals surface area contributed by atoms with Gasteiger partial charge in [-0.2, -0.15) is 5.10 Å². The van der Waals surface area contributed by atoms with E-state index in [9.17, 15) is 4.79 Å². The molecule has 0 bridgehead atoms. The van der Waals surface area contributed by atoms with E-state index >= 15 is 0 Å². The van der Waals surface area contributed by atoms with Crippen LogP contribution in [0.25, 0.3) is 11.3 Å². The van der Waals surface area contributed by atoms with Gasteiger partial charge in [-0.3, -0.25) is 9.48 Å². The van der Waals surface area contributed by atoms with Crippen LogP contribution >= 0.6 is 0 Å². The fourth-order valence-corrected chi connectivity index (χ4v) is 3.72. The Hall–Kier alpha value is -3.28. The van der Waals surface area contributed by atoms with E-state index in [-0.39, 0.29) is 11.9 Å². The Bertz CT molecular complexity index is 1010. The molecule has 1 amide bonds. The molecule has 1 atom stereocenters. The van der Waals surface area contributed by atoms with Gasteiger partial charge in [-0.05, 0) is 49.4 Å². The molecule has 32 heavy (non-hydrogen) atoms. The third-order valence-electron chi connectivity index (χ3n) is 5.32. The highest BCUT2D eigenvalue weighted by molar-refractivity contribution is 5.94. The third-order valence-corrected chi connectivity index (χ3v) is 5.32. The van der Waals surface area contributed by atoms with Gasteiger partial charge in [0.15, 0.2) is 5.69 Å². The average Bonchev–Trinajstić information content (AvgIpc) is 3.20. The molecule has 0 saturated carbocycles. The van der Waals surface area contributed by atoms with Crippen molar-refractivity contribution in [3.8, 4) is 22.8 Å². The average molecular weight is 436 g/mol. The van der Waals surface area contributed by atoms with E-state index in [0.717, 1.165) is 24.1 Å². The number of rotatable bonds is 10. The highest BCUT2D eigenvalue weighted by Gasteiger charge is 2.22. The summed E-state index contributed by atoms with van der Waals surface area (Å²) >= 11 is 0. The minimum atomic E-state index is -0.178. The van der Waals surface area contributed by atoms with E-state index in [1.165, 1.54) is 5.56 Å². The van der Waals surface area contributed by atoms with Gasteiger partial charge in [0, 0.05) is 12.6 Å². The van der Waals surface area contributed by atoms with Crippen molar-refractivity contribution in [2.75, 3.05) is 14.2 Å². The molecule has 170 valence electrons. The van der Waals surface area contributed by atoms with Crippen LogP contribution in [0.4, 0.5) is 0 Å². The van der Waals surface area contributed by atoms with Crippen LogP contribution in [0.15, 0.2) is 54.6 Å². The van der Waals surface area contributed by atoms with Crippen LogP contribution in [0.1, 0.15) is 43.2 Å². The molecule has 0 aliphatic rings. The lowest BCUT2D eigenvalue weighted by molar-refractivity contribution is 0.0932. The molecule has 0 aliphatic carbocycles. The van der Waals surface area contributed by atoms with Crippen molar-refractivity contribution in [1.82, 2.24) is 15.1 Å². The molecule has 1 heterocycles. The van der Waals surface area contributed by atoms with Crippen molar-refractivity contribution in [2.24, 2.45) is 5.92 Å². The van der Waals surface area contributed by atoms with Gasteiger partial charge in [0.1, 0.15) is 11.5 Å². The number of benzene rings is 2. The zero-order valence-electron chi connectivity index (χ0n) is 19.6. The molecule has 3 aromatic rings. The van der Waals surface area contributed by atoms with Gasteiger partial charge in [0.2, 0.25) is 0 Å². The maximum atomic E-state index is 13.0. The van der Waals surface area contributed by atoms with Crippen LogP contribution in [0.5, 0.6) is 11.5 Å². The predicted molar refractivity (Wildman–Crippen MR) is 127 cm³/mol. The maximum Gasteiger partial charge on any atom is 0.272 e. The number of carbonyl (C=O) groups excluding carboxylic acids is 1. The number of methoxy groups -OCH3 is 2. The van der Waals surface area contributed by atoms with Crippen LogP contribution in [0.2, 0.25) is 0 Å². The predicted octanol–water partition coefficient (Wildman–Crippen LogP) is 4.97. The quantitative estimate of drug-likeness (QED) is 0.488. The van der Waals surface area contributed by atoms with Crippen LogP contribution in [0, 0.1) is 5.92 Å². The number of ether oxygens (including phenoxy) is 2. The normalized spacial score (nSPS) is 11.9. The summed E-state index contributed by atoms with van der Waals surface area (Å²) in [7, 11) is 3.26. The second-order valence-corrected chi connectivity index (χ2v) is 8.43. The Morgan fingerprint density at radius 1 is 1.00 bits per heavy atom. The van der Waals surface area contributed by atoms with E-state index in [1.54, 1.807) is 14.2 Å². The molecular weight excluding hydrogens is 402 g/mol. The Balaban J connectivity index is 1.84. The van der Waals surface area contributed by atoms with Crippen LogP contribution in [-0.4, -0.2) is 35.9 Å². The summed E-state index contributed by atoms with van der Waals surface area (Å²) in [6, 6.07) is 17.8. The first-order chi connectivity index (χ1) is 15.4. The first-order valence-electron chi connectivity index (χ1n) is 11.1. The fraction of sp³-hybridized carbons (Fsp3) is 0.385. The second-order valence-electron chi connectivity index (χ2n) is 8.43. The third kappa shape index (κ3) is 5.69. The van der Waals surface area contributed by atoms with Gasteiger partial charge in [0.05, 0.1) is 25.5 Å². The number of hydrogen-bond donors (Lipinski definition) is 1. The summed E-state index contributed by atoms with van der Waals surface area (Å²) in [5.74, 6) is 1.54. The van der Waals surface area contributed by atoms with Crippen molar-refractivity contribution in [1.29, 1.82) is 0 Å². The molecular formula is C26H33N3O3. The van der Waals surface area contributed by atoms with E-state index in [4.69, 9.17) is 9.47 Å². The van der Waals surface area contributed by atoms with Crippen molar-refractivity contribution in [3.63, 3.8) is 0 Å². The number of aromatic nitrogens is 2. The summed E-state index contributed by atoms with van der Waals surface area (Å²) in [5.41, 5.74) is 3.25. The van der Waals surface area contributed by atoms with Gasteiger partial charge in [-0.25, -0.2) is 0 Å². The van der Waals surface area contributed by atoms with Crippen LogP contribution in [0.3, 0.4) is 0 Å². The maximum absolute atomic E-state index is 13.0. The lowest BCUT2D eigenvalue weighted by atomic mass is 10.1. The first kappa shape index (κ1) is 23.4. The van der Waals surface area contributed by atoms with Gasteiger partial charge in [-0.15, -0.1) is 0 Å². The molecule has 2 aromatic carbocycles. The number of carbonyl (C=O) groups is 1. The Labute approximate surface area is 190 Å². The summed E-state index contributed by atoms with van der Waals surface area (Å²) in [6.07, 6.45) is 1.77. The molecule has 3 rings (SSSR count). The highest BCUT2D eigenvalue weighted by atomic mass is 16.5. The lowest BCUT2D eigenvalue weighted by Gasteiger charge is -2.15. The lowest BCUT2D eigenvalue weighted by Crippen LogP contribution is -2.33. The van der Waals surface area contributed by atoms with E-state index in [1.807, 2.05) is 54.1 Å². The van der Waals surface area contributed by atoms with Crippen molar-refractivity contribution in [3.05, 3.63) is 65.9 Å². The van der Waals surface area contributed by atoms with Gasteiger partial charge >= 0.3 is 0 Å². The molecule has 0 unspecified atom stereocenters. The Morgan fingerprint density at radius 3 is 2.25 bits per heavy atom. The molecule has 6 nitrogen and oxygen atoms in total. The van der Waals surface area contributed by atoms with E-state index < -0.39 is 0 Å². The Kier molecular flexibility index (Phi) is 7.92. The molecule has 0 fully saturated rings. The van der Waals surface area contributed by atoms with Gasteiger partial charge in [0.25, 0.3) is 5.91 Å². The van der Waals surface area contributed by atoms with Crippen molar-refractivity contribution in [2.45, 2.75) is 46.2 Å². The number of aryl methyl sites for hydroxylation is 1. The molecule has 0 spiro atoms. The second kappa shape index (κ2) is 10.8. The van der Waals surface area contributed by atoms with Gasteiger partial charge in [-0.1, -0.05) is 50.2 Å². The number of amides is 1. The number of hydrogen-bond acceptors (Lipinski definition) is 4. The SMILES string of the molecule is COc1cccc(OC)c1-c1cc(C(=O)N[C@@H](C)CCc2ccccc2)nn1CC(C)C. The molecule has 0 aliphatic heterocycles. The fourth-order valence-electron chi connectivity index (χ4n) is 3.72. The van der Waals surface area contributed by atoms with Crippen molar-refractivity contribution >= 4 is 5.91 Å². The summed E-state index contributed by atoms with van der Waals surface area (Å²) < 4.78 is 13.0. The monoisotopic (exact) mass is 435 g/mol. The molecule has 0 saturated heterocycles. The summed E-state index contributed by atoms with van der Waals surface area (Å²) in [4.78, 5) is 13.0. The smallest absolute Gasteiger partial charge is 0.272 e. The molecule has 0 radical (unpaired) electrons. The number of nitrogens with zero attached hydrogens (tertiary/aromatic N) is 2. The first-order valence-corrected chi connectivity index (χ1v) is 11.1. The van der Waals surface area contributed by atoms with Crippen LogP contribution < -0.4 is 14.8 Å². The topological polar surface area (TPSA) is 65.4 Å². The Morgan fingerprint density at radius 2 is 1.66 bits per heavy atom. The minimum Gasteiger partial charge on any atom is -0.496 e. The molecule has 1 aromatic heterocycles. The standard InChI is InChI=1S/C26H33N3O3/c1-18(2)17-29-22(25-23(31-4)12-9-13-24(25)32-5)16-21(28-29)26(30)27-19(3)14-15-20-10-7-6-8-11-20/h6-13,16,18-19H,14-15,17H2,1-5H3,(H,27,30)/t19-/m0/s1. The number of nitrogens with one attached hydrogen (secondary N) is 1. The zero-order chi connectivity index (χ0) is 23.1. The largest absolute Gasteiger partial charge is 0.496 e. The van der Waals surface area contributed by atoms with E-state index in [0.29, 0.717) is 29.7 Å². The minimum absolute atomic E-state index is 0.0298. The molecule has 6 heteroatoms. The van der Waals surface area contributed by atoms with Crippen molar-refractivity contribution < 1.29 is 14.3 Å². The highest BCUT2D eigenvalue weighted by Crippen LogP contribution is 2.38.